The van der Waals surface area contributed by atoms with Crippen molar-refractivity contribution in [2.24, 2.45) is 0 Å². The molecule has 0 atom stereocenters. The number of ether oxygens (including phenoxy) is 1. The van der Waals surface area contributed by atoms with Gasteiger partial charge in [0.25, 0.3) is 5.91 Å². The molecule has 4 aromatic rings. The summed E-state index contributed by atoms with van der Waals surface area (Å²) in [5.41, 5.74) is 1.10. The number of hydrogen-bond donors (Lipinski definition) is 1. The average molecular weight is 437 g/mol. The monoisotopic (exact) mass is 436 g/mol. The van der Waals surface area contributed by atoms with Gasteiger partial charge in [-0.05, 0) is 52.3 Å². The molecule has 9 heteroatoms. The second-order valence-corrected chi connectivity index (χ2v) is 6.55. The van der Waals surface area contributed by atoms with Gasteiger partial charge < -0.3 is 10.1 Å². The molecule has 0 saturated heterocycles. The zero-order valence-corrected chi connectivity index (χ0v) is 15.9. The maximum atomic E-state index is 12.3. The van der Waals surface area contributed by atoms with Crippen LogP contribution in [0, 0.1) is 0 Å². The number of amides is 1. The van der Waals surface area contributed by atoms with Crippen LogP contribution < -0.4 is 10.1 Å². The average Bonchev–Trinajstić information content (AvgIpc) is 3.25. The summed E-state index contributed by atoms with van der Waals surface area (Å²) in [4.78, 5) is 24.5. The van der Waals surface area contributed by atoms with Gasteiger partial charge in [-0.15, -0.1) is 0 Å². The largest absolute Gasteiger partial charge is 0.439 e. The molecule has 28 heavy (non-hydrogen) atoms. The van der Waals surface area contributed by atoms with Gasteiger partial charge in [0.2, 0.25) is 5.88 Å². The van der Waals surface area contributed by atoms with E-state index >= 15 is 0 Å². The van der Waals surface area contributed by atoms with Crippen molar-refractivity contribution in [2.45, 2.75) is 0 Å². The number of nitrogens with one attached hydrogen (secondary N) is 1. The standard InChI is InChI=1S/C19H13BrN6O2/c20-14-8-13(10-21-11-14)19(27)25-15-2-4-16(5-3-15)28-18-9-17(22-12-23-18)26-7-1-6-24-26/h1-12H,(H,25,27). The number of benzene rings is 1. The van der Waals surface area contributed by atoms with Crippen LogP contribution in [0.5, 0.6) is 11.6 Å². The molecule has 0 unspecified atom stereocenters. The first-order valence-electron chi connectivity index (χ1n) is 8.19. The lowest BCUT2D eigenvalue weighted by atomic mass is 10.2. The van der Waals surface area contributed by atoms with Crippen LogP contribution in [0.4, 0.5) is 5.69 Å². The van der Waals surface area contributed by atoms with Gasteiger partial charge in [0.1, 0.15) is 12.1 Å². The zero-order valence-electron chi connectivity index (χ0n) is 14.4. The third-order valence-corrected chi connectivity index (χ3v) is 4.10. The fourth-order valence-corrected chi connectivity index (χ4v) is 2.75. The van der Waals surface area contributed by atoms with Crippen LogP contribution in [-0.4, -0.2) is 30.6 Å². The Kier molecular flexibility index (Phi) is 5.07. The summed E-state index contributed by atoms with van der Waals surface area (Å²) >= 11 is 3.30. The van der Waals surface area contributed by atoms with E-state index in [4.69, 9.17) is 4.74 Å². The summed E-state index contributed by atoms with van der Waals surface area (Å²) in [6.45, 7) is 0. The number of rotatable bonds is 5. The number of hydrogen-bond acceptors (Lipinski definition) is 6. The molecule has 1 amide bonds. The van der Waals surface area contributed by atoms with Crippen molar-refractivity contribution in [1.29, 1.82) is 0 Å². The molecule has 0 aliphatic rings. The minimum atomic E-state index is -0.248. The maximum absolute atomic E-state index is 12.3. The second kappa shape index (κ2) is 7.97. The zero-order chi connectivity index (χ0) is 19.3. The fraction of sp³-hybridized carbons (Fsp3) is 0. The van der Waals surface area contributed by atoms with Crippen LogP contribution in [0.25, 0.3) is 5.82 Å². The fourth-order valence-electron chi connectivity index (χ4n) is 2.38. The highest BCUT2D eigenvalue weighted by atomic mass is 79.9. The normalized spacial score (nSPS) is 10.5. The third-order valence-electron chi connectivity index (χ3n) is 3.67. The first-order valence-corrected chi connectivity index (χ1v) is 8.98. The molecule has 0 fully saturated rings. The lowest BCUT2D eigenvalue weighted by molar-refractivity contribution is 0.102. The molecular formula is C19H13BrN6O2. The minimum Gasteiger partial charge on any atom is -0.439 e. The van der Waals surface area contributed by atoms with E-state index in [9.17, 15) is 4.79 Å². The summed E-state index contributed by atoms with van der Waals surface area (Å²) in [6, 6.07) is 12.2. The Hall–Kier alpha value is -3.59. The molecule has 138 valence electrons. The summed E-state index contributed by atoms with van der Waals surface area (Å²) < 4.78 is 8.11. The van der Waals surface area contributed by atoms with Gasteiger partial charge in [-0.2, -0.15) is 5.10 Å². The van der Waals surface area contributed by atoms with Crippen molar-refractivity contribution in [3.8, 4) is 17.4 Å². The number of pyridine rings is 1. The van der Waals surface area contributed by atoms with E-state index in [0.29, 0.717) is 28.7 Å². The highest BCUT2D eigenvalue weighted by Gasteiger charge is 2.08. The quantitative estimate of drug-likeness (QED) is 0.510. The lowest BCUT2D eigenvalue weighted by Crippen LogP contribution is -2.12. The van der Waals surface area contributed by atoms with Crippen molar-refractivity contribution < 1.29 is 9.53 Å². The van der Waals surface area contributed by atoms with Gasteiger partial charge in [-0.1, -0.05) is 0 Å². The molecule has 0 spiro atoms. The predicted molar refractivity (Wildman–Crippen MR) is 106 cm³/mol. The minimum absolute atomic E-state index is 0.248. The smallest absolute Gasteiger partial charge is 0.257 e. The maximum Gasteiger partial charge on any atom is 0.257 e. The Morgan fingerprint density at radius 1 is 1.11 bits per heavy atom. The summed E-state index contributed by atoms with van der Waals surface area (Å²) in [6.07, 6.45) is 7.98. The lowest BCUT2D eigenvalue weighted by Gasteiger charge is -2.08. The highest BCUT2D eigenvalue weighted by molar-refractivity contribution is 9.10. The molecule has 0 saturated carbocycles. The third kappa shape index (κ3) is 4.21. The Labute approximate surface area is 168 Å². The number of anilines is 1. The van der Waals surface area contributed by atoms with Gasteiger partial charge in [0.05, 0.1) is 5.56 Å². The van der Waals surface area contributed by atoms with Crippen molar-refractivity contribution >= 4 is 27.5 Å². The van der Waals surface area contributed by atoms with Gasteiger partial charge in [0, 0.05) is 41.0 Å². The molecule has 0 aliphatic carbocycles. The van der Waals surface area contributed by atoms with Crippen LogP contribution >= 0.6 is 15.9 Å². The molecule has 4 rings (SSSR count). The molecule has 8 nitrogen and oxygen atoms in total. The van der Waals surface area contributed by atoms with Crippen LogP contribution in [0.1, 0.15) is 10.4 Å². The van der Waals surface area contributed by atoms with E-state index < -0.39 is 0 Å². The molecule has 0 radical (unpaired) electrons. The van der Waals surface area contributed by atoms with Crippen LogP contribution in [0.3, 0.4) is 0 Å². The molecule has 3 aromatic heterocycles. The van der Waals surface area contributed by atoms with E-state index in [0.717, 1.165) is 4.47 Å². The number of carbonyl (C=O) groups excluding carboxylic acids is 1. The van der Waals surface area contributed by atoms with Crippen molar-refractivity contribution in [3.63, 3.8) is 0 Å². The Morgan fingerprint density at radius 3 is 2.71 bits per heavy atom. The first kappa shape index (κ1) is 17.8. The topological polar surface area (TPSA) is 94.8 Å². The number of carbonyl (C=O) groups is 1. The highest BCUT2D eigenvalue weighted by Crippen LogP contribution is 2.22. The molecule has 1 aromatic carbocycles. The number of nitrogens with zero attached hydrogens (tertiary/aromatic N) is 5. The second-order valence-electron chi connectivity index (χ2n) is 5.64. The van der Waals surface area contributed by atoms with E-state index in [1.165, 1.54) is 12.5 Å². The van der Waals surface area contributed by atoms with Crippen LogP contribution in [0.2, 0.25) is 0 Å². The van der Waals surface area contributed by atoms with Gasteiger partial charge >= 0.3 is 0 Å². The first-order chi connectivity index (χ1) is 13.7. The van der Waals surface area contributed by atoms with E-state index in [2.05, 4.69) is 41.3 Å². The molecule has 1 N–H and O–H groups in total. The van der Waals surface area contributed by atoms with Crippen LogP contribution in [0.15, 0.2) is 78.1 Å². The molecular weight excluding hydrogens is 424 g/mol. The molecule has 0 aliphatic heterocycles. The summed E-state index contributed by atoms with van der Waals surface area (Å²) in [5, 5.41) is 6.94. The van der Waals surface area contributed by atoms with Gasteiger partial charge in [-0.3, -0.25) is 9.78 Å². The predicted octanol–water partition coefficient (Wildman–Crippen LogP) is 3.86. The summed E-state index contributed by atoms with van der Waals surface area (Å²) in [5.74, 6) is 1.31. The van der Waals surface area contributed by atoms with Gasteiger partial charge in [0.15, 0.2) is 5.82 Å². The number of halogens is 1. The van der Waals surface area contributed by atoms with Gasteiger partial charge in [-0.25, -0.2) is 14.6 Å². The summed E-state index contributed by atoms with van der Waals surface area (Å²) in [7, 11) is 0. The van der Waals surface area contributed by atoms with E-state index in [-0.39, 0.29) is 5.91 Å². The Bertz CT molecular complexity index is 1100. The van der Waals surface area contributed by atoms with Crippen LogP contribution in [-0.2, 0) is 0 Å². The molecule has 3 heterocycles. The van der Waals surface area contributed by atoms with Crippen molar-refractivity contribution in [1.82, 2.24) is 24.7 Å². The van der Waals surface area contributed by atoms with E-state index in [1.807, 2.05) is 0 Å². The Balaban J connectivity index is 1.44. The van der Waals surface area contributed by atoms with Crippen molar-refractivity contribution in [3.05, 3.63) is 83.6 Å². The number of aromatic nitrogens is 5. The van der Waals surface area contributed by atoms with Crippen molar-refractivity contribution in [2.75, 3.05) is 5.32 Å². The SMILES string of the molecule is O=C(Nc1ccc(Oc2cc(-n3cccn3)ncn2)cc1)c1cncc(Br)c1. The molecule has 0 bridgehead atoms. The Morgan fingerprint density at radius 2 is 1.96 bits per heavy atom. The van der Waals surface area contributed by atoms with E-state index in [1.54, 1.807) is 65.7 Å².